The number of rotatable bonds is 6. The zero-order valence-electron chi connectivity index (χ0n) is 11.3. The van der Waals surface area contributed by atoms with E-state index in [9.17, 15) is 17.4 Å². The van der Waals surface area contributed by atoms with Gasteiger partial charge in [-0.2, -0.15) is 0 Å². The normalized spacial score (nSPS) is 13.2. The molecule has 0 saturated heterocycles. The second kappa shape index (κ2) is 6.43. The van der Waals surface area contributed by atoms with Gasteiger partial charge >= 0.3 is 0 Å². The molecule has 0 aliphatic rings. The third-order valence-electron chi connectivity index (χ3n) is 2.80. The topological polar surface area (TPSA) is 68.3 Å². The van der Waals surface area contributed by atoms with Crippen molar-refractivity contribution in [1.82, 2.24) is 0 Å². The predicted molar refractivity (Wildman–Crippen MR) is 77.8 cm³/mol. The van der Waals surface area contributed by atoms with E-state index in [0.29, 0.717) is 5.56 Å². The Morgan fingerprint density at radius 3 is 2.37 bits per heavy atom. The quantitative estimate of drug-likeness (QED) is 0.742. The van der Waals surface area contributed by atoms with Gasteiger partial charge < -0.3 is 0 Å². The van der Waals surface area contributed by atoms with Crippen LogP contribution < -0.4 is 0 Å². The minimum absolute atomic E-state index is 0.00934. The Labute approximate surface area is 116 Å². The van der Waals surface area contributed by atoms with Crippen LogP contribution in [0.2, 0.25) is 0 Å². The van der Waals surface area contributed by atoms with E-state index < -0.39 is 20.6 Å². The number of carbonyl (C=O) groups is 1. The van der Waals surface area contributed by atoms with Crippen LogP contribution in [0.15, 0.2) is 18.2 Å². The molecule has 0 spiro atoms. The first kappa shape index (κ1) is 16.0. The lowest BCUT2D eigenvalue weighted by molar-refractivity contribution is 0.102. The molecule has 0 N–H and O–H groups in total. The smallest absolute Gasteiger partial charge is 0.175 e. The van der Waals surface area contributed by atoms with Crippen molar-refractivity contribution in [2.24, 2.45) is 0 Å². The van der Waals surface area contributed by atoms with E-state index in [1.807, 2.05) is 19.9 Å². The summed E-state index contributed by atoms with van der Waals surface area (Å²) in [6.07, 6.45) is 1.09. The molecule has 1 rings (SSSR count). The molecule has 1 unspecified atom stereocenters. The first-order valence-electron chi connectivity index (χ1n) is 5.82. The maximum absolute atomic E-state index is 11.9. The highest BCUT2D eigenvalue weighted by Gasteiger charge is 2.13. The Bertz CT molecular complexity index is 603. The highest BCUT2D eigenvalue weighted by atomic mass is 32.2. The molecule has 0 saturated carbocycles. The maximum Gasteiger partial charge on any atom is 0.175 e. The van der Waals surface area contributed by atoms with Crippen molar-refractivity contribution in [1.29, 1.82) is 0 Å². The number of aryl methyl sites for hydroxylation is 2. The summed E-state index contributed by atoms with van der Waals surface area (Å²) in [5, 5.41) is 0. The molecule has 0 radical (unpaired) electrons. The molecule has 0 aliphatic heterocycles. The Balaban J connectivity index is 2.64. The molecule has 4 nitrogen and oxygen atoms in total. The molecule has 1 atom stereocenters. The number of benzene rings is 1. The van der Waals surface area contributed by atoms with Gasteiger partial charge in [0.1, 0.15) is 9.84 Å². The minimum Gasteiger partial charge on any atom is -0.293 e. The van der Waals surface area contributed by atoms with E-state index in [1.165, 1.54) is 0 Å². The summed E-state index contributed by atoms with van der Waals surface area (Å²) < 4.78 is 33.6. The fourth-order valence-corrected chi connectivity index (χ4v) is 4.02. The third-order valence-corrected chi connectivity index (χ3v) is 5.25. The van der Waals surface area contributed by atoms with Gasteiger partial charge in [0.05, 0.1) is 11.5 Å². The predicted octanol–water partition coefficient (Wildman–Crippen LogP) is 1.28. The van der Waals surface area contributed by atoms with Crippen LogP contribution >= 0.6 is 0 Å². The molecule has 0 bridgehead atoms. The molecule has 1 aromatic carbocycles. The number of carbonyl (C=O) groups excluding carboxylic acids is 1. The summed E-state index contributed by atoms with van der Waals surface area (Å²) in [5.74, 6) is -0.484. The zero-order valence-corrected chi connectivity index (χ0v) is 12.9. The highest BCUT2D eigenvalue weighted by molar-refractivity contribution is 7.92. The molecule has 6 heteroatoms. The summed E-state index contributed by atoms with van der Waals surface area (Å²) in [6, 6.07) is 5.33. The second-order valence-corrected chi connectivity index (χ2v) is 8.48. The van der Waals surface area contributed by atoms with Gasteiger partial charge in [0.15, 0.2) is 5.78 Å². The van der Waals surface area contributed by atoms with Crippen LogP contribution in [0.5, 0.6) is 0 Å². The Hall–Kier alpha value is -1.01. The van der Waals surface area contributed by atoms with Crippen molar-refractivity contribution in [3.05, 3.63) is 34.9 Å². The molecule has 0 fully saturated rings. The molecular weight excluding hydrogens is 284 g/mol. The van der Waals surface area contributed by atoms with Crippen LogP contribution in [0.3, 0.4) is 0 Å². The third kappa shape index (κ3) is 5.65. The minimum atomic E-state index is -3.14. The first-order chi connectivity index (χ1) is 8.69. The number of hydrogen-bond acceptors (Lipinski definition) is 4. The fourth-order valence-electron chi connectivity index (χ4n) is 1.46. The van der Waals surface area contributed by atoms with Gasteiger partial charge in [0.2, 0.25) is 0 Å². The molecule has 0 amide bonds. The van der Waals surface area contributed by atoms with E-state index in [-0.39, 0.29) is 23.0 Å². The standard InChI is InChI=1S/C13H18O4S2/c1-10-4-5-12(8-11(10)2)13(14)9-18(15)6-7-19(3,16)17/h4-5,8H,6-7,9H2,1-3H3. The maximum atomic E-state index is 11.9. The summed E-state index contributed by atoms with van der Waals surface area (Å²) in [7, 11) is -4.57. The van der Waals surface area contributed by atoms with Gasteiger partial charge in [-0.1, -0.05) is 12.1 Å². The van der Waals surface area contributed by atoms with Crippen molar-refractivity contribution in [3.63, 3.8) is 0 Å². The first-order valence-corrected chi connectivity index (χ1v) is 9.37. The lowest BCUT2D eigenvalue weighted by Gasteiger charge is -2.05. The zero-order chi connectivity index (χ0) is 14.6. The van der Waals surface area contributed by atoms with Gasteiger partial charge in [-0.05, 0) is 31.0 Å². The summed E-state index contributed by atoms with van der Waals surface area (Å²) >= 11 is 0. The van der Waals surface area contributed by atoms with E-state index in [2.05, 4.69) is 0 Å². The lowest BCUT2D eigenvalue weighted by Crippen LogP contribution is -2.18. The Morgan fingerprint density at radius 1 is 1.21 bits per heavy atom. The SMILES string of the molecule is Cc1ccc(C(=O)CS(=O)CCS(C)(=O)=O)cc1C. The summed E-state index contributed by atoms with van der Waals surface area (Å²) in [4.78, 5) is 11.9. The molecular formula is C13H18O4S2. The monoisotopic (exact) mass is 302 g/mol. The average Bonchev–Trinajstić information content (AvgIpc) is 2.29. The highest BCUT2D eigenvalue weighted by Crippen LogP contribution is 2.10. The van der Waals surface area contributed by atoms with Crippen LogP contribution in [-0.4, -0.2) is 41.9 Å². The van der Waals surface area contributed by atoms with Gasteiger partial charge in [0, 0.05) is 28.4 Å². The Morgan fingerprint density at radius 2 is 1.84 bits per heavy atom. The number of ketones is 1. The molecule has 0 aromatic heterocycles. The number of Topliss-reactive ketones (excluding diaryl/α,β-unsaturated/α-hetero) is 1. The Kier molecular flexibility index (Phi) is 5.43. The van der Waals surface area contributed by atoms with E-state index >= 15 is 0 Å². The van der Waals surface area contributed by atoms with Crippen molar-refractivity contribution in [2.75, 3.05) is 23.5 Å². The van der Waals surface area contributed by atoms with Gasteiger partial charge in [0.25, 0.3) is 0 Å². The van der Waals surface area contributed by atoms with Gasteiger partial charge in [-0.25, -0.2) is 8.42 Å². The van der Waals surface area contributed by atoms with Crippen molar-refractivity contribution >= 4 is 26.4 Å². The van der Waals surface area contributed by atoms with Crippen molar-refractivity contribution in [3.8, 4) is 0 Å². The van der Waals surface area contributed by atoms with Crippen molar-refractivity contribution in [2.45, 2.75) is 13.8 Å². The van der Waals surface area contributed by atoms with E-state index in [0.717, 1.165) is 17.4 Å². The summed E-state index contributed by atoms with van der Waals surface area (Å²) in [6.45, 7) is 3.86. The lowest BCUT2D eigenvalue weighted by atomic mass is 10.0. The summed E-state index contributed by atoms with van der Waals surface area (Å²) in [5.41, 5.74) is 2.62. The van der Waals surface area contributed by atoms with E-state index in [1.54, 1.807) is 12.1 Å². The largest absolute Gasteiger partial charge is 0.293 e. The van der Waals surface area contributed by atoms with Gasteiger partial charge in [-0.15, -0.1) is 0 Å². The fraction of sp³-hybridized carbons (Fsp3) is 0.462. The number of hydrogen-bond donors (Lipinski definition) is 0. The molecule has 19 heavy (non-hydrogen) atoms. The van der Waals surface area contributed by atoms with E-state index in [4.69, 9.17) is 0 Å². The van der Waals surface area contributed by atoms with Crippen LogP contribution in [0, 0.1) is 13.8 Å². The molecule has 0 heterocycles. The van der Waals surface area contributed by atoms with Crippen LogP contribution in [0.1, 0.15) is 21.5 Å². The molecule has 0 aliphatic carbocycles. The average molecular weight is 302 g/mol. The van der Waals surface area contributed by atoms with Crippen LogP contribution in [-0.2, 0) is 20.6 Å². The molecule has 106 valence electrons. The number of sulfone groups is 1. The van der Waals surface area contributed by atoms with Gasteiger partial charge in [-0.3, -0.25) is 9.00 Å². The van der Waals surface area contributed by atoms with Crippen molar-refractivity contribution < 1.29 is 17.4 Å². The second-order valence-electron chi connectivity index (χ2n) is 4.64. The van der Waals surface area contributed by atoms with Crippen LogP contribution in [0.25, 0.3) is 0 Å². The van der Waals surface area contributed by atoms with Crippen LogP contribution in [0.4, 0.5) is 0 Å². The molecule has 1 aromatic rings.